The van der Waals surface area contributed by atoms with E-state index in [1.165, 1.54) is 7.11 Å². The van der Waals surface area contributed by atoms with Crippen molar-refractivity contribution in [2.24, 2.45) is 0 Å². The summed E-state index contributed by atoms with van der Waals surface area (Å²) in [4.78, 5) is 25.9. The highest BCUT2D eigenvalue weighted by molar-refractivity contribution is 5.97. The SMILES string of the molecule is COCC(=O)N1CCc2cc(NC(=O)COc3ccc(OC)cc3)ccc21. The molecular weight excluding hydrogens is 348 g/mol. The van der Waals surface area contributed by atoms with Crippen molar-refractivity contribution < 1.29 is 23.8 Å². The third-order valence-electron chi connectivity index (χ3n) is 4.26. The third kappa shape index (κ3) is 4.57. The summed E-state index contributed by atoms with van der Waals surface area (Å²) in [5.41, 5.74) is 2.57. The Kier molecular flexibility index (Phi) is 5.93. The Morgan fingerprint density at radius 1 is 1.04 bits per heavy atom. The van der Waals surface area contributed by atoms with Gasteiger partial charge in [0.05, 0.1) is 7.11 Å². The highest BCUT2D eigenvalue weighted by Gasteiger charge is 2.24. The summed E-state index contributed by atoms with van der Waals surface area (Å²) in [5.74, 6) is 0.993. The van der Waals surface area contributed by atoms with Gasteiger partial charge in [-0.1, -0.05) is 0 Å². The molecule has 1 aliphatic heterocycles. The number of benzene rings is 2. The predicted molar refractivity (Wildman–Crippen MR) is 101 cm³/mol. The van der Waals surface area contributed by atoms with Crippen molar-refractivity contribution in [1.82, 2.24) is 0 Å². The second-order valence-electron chi connectivity index (χ2n) is 6.08. The van der Waals surface area contributed by atoms with Gasteiger partial charge in [0, 0.05) is 25.0 Å². The molecule has 0 spiro atoms. The van der Waals surface area contributed by atoms with Gasteiger partial charge in [0.15, 0.2) is 6.61 Å². The molecule has 7 heteroatoms. The molecule has 142 valence electrons. The molecule has 0 aliphatic carbocycles. The molecule has 1 heterocycles. The number of carbonyl (C=O) groups excluding carboxylic acids is 2. The second kappa shape index (κ2) is 8.55. The van der Waals surface area contributed by atoms with E-state index in [0.717, 1.165) is 23.4 Å². The number of methoxy groups -OCH3 is 2. The lowest BCUT2D eigenvalue weighted by Crippen LogP contribution is -2.31. The fourth-order valence-corrected chi connectivity index (χ4v) is 2.96. The lowest BCUT2D eigenvalue weighted by Gasteiger charge is -2.17. The normalized spacial score (nSPS) is 12.4. The molecule has 0 aromatic heterocycles. The molecule has 0 saturated carbocycles. The van der Waals surface area contributed by atoms with Gasteiger partial charge in [-0.3, -0.25) is 9.59 Å². The minimum atomic E-state index is -0.254. The van der Waals surface area contributed by atoms with Gasteiger partial charge in [-0.2, -0.15) is 0 Å². The second-order valence-corrected chi connectivity index (χ2v) is 6.08. The Bertz CT molecular complexity index is 820. The fourth-order valence-electron chi connectivity index (χ4n) is 2.96. The van der Waals surface area contributed by atoms with Crippen LogP contribution in [-0.4, -0.2) is 45.8 Å². The Balaban J connectivity index is 1.56. The van der Waals surface area contributed by atoms with Crippen LogP contribution in [0.15, 0.2) is 42.5 Å². The Hall–Kier alpha value is -3.06. The zero-order valence-corrected chi connectivity index (χ0v) is 15.4. The molecule has 0 bridgehead atoms. The molecule has 27 heavy (non-hydrogen) atoms. The number of carbonyl (C=O) groups is 2. The smallest absolute Gasteiger partial charge is 0.262 e. The quantitative estimate of drug-likeness (QED) is 0.809. The monoisotopic (exact) mass is 370 g/mol. The van der Waals surface area contributed by atoms with E-state index in [9.17, 15) is 9.59 Å². The van der Waals surface area contributed by atoms with E-state index in [-0.39, 0.29) is 25.0 Å². The third-order valence-corrected chi connectivity index (χ3v) is 4.26. The molecule has 2 aromatic carbocycles. The van der Waals surface area contributed by atoms with E-state index in [0.29, 0.717) is 18.0 Å². The minimum absolute atomic E-state index is 0.0562. The first-order valence-electron chi connectivity index (χ1n) is 8.59. The number of hydrogen-bond acceptors (Lipinski definition) is 5. The van der Waals surface area contributed by atoms with Gasteiger partial charge in [0.2, 0.25) is 0 Å². The van der Waals surface area contributed by atoms with E-state index in [1.807, 2.05) is 12.1 Å². The van der Waals surface area contributed by atoms with Gasteiger partial charge in [-0.15, -0.1) is 0 Å². The average Bonchev–Trinajstić information content (AvgIpc) is 3.10. The van der Waals surface area contributed by atoms with Crippen molar-refractivity contribution in [3.8, 4) is 11.5 Å². The van der Waals surface area contributed by atoms with Gasteiger partial charge in [0.1, 0.15) is 18.1 Å². The summed E-state index contributed by atoms with van der Waals surface area (Å²) < 4.78 is 15.5. The van der Waals surface area contributed by atoms with Crippen LogP contribution in [0.5, 0.6) is 11.5 Å². The summed E-state index contributed by atoms with van der Waals surface area (Å²) in [6.45, 7) is 0.581. The molecule has 1 aliphatic rings. The minimum Gasteiger partial charge on any atom is -0.497 e. The van der Waals surface area contributed by atoms with Crippen LogP contribution >= 0.6 is 0 Å². The van der Waals surface area contributed by atoms with E-state index in [1.54, 1.807) is 42.3 Å². The Morgan fingerprint density at radius 2 is 1.78 bits per heavy atom. The van der Waals surface area contributed by atoms with Crippen LogP contribution in [-0.2, 0) is 20.7 Å². The maximum atomic E-state index is 12.1. The molecule has 0 atom stereocenters. The lowest BCUT2D eigenvalue weighted by molar-refractivity contribution is -0.122. The first-order chi connectivity index (χ1) is 13.1. The number of ether oxygens (including phenoxy) is 3. The molecule has 2 aromatic rings. The largest absolute Gasteiger partial charge is 0.497 e. The molecule has 3 rings (SSSR count). The number of fused-ring (bicyclic) bond motifs is 1. The van der Waals surface area contributed by atoms with E-state index in [2.05, 4.69) is 5.32 Å². The molecule has 0 fully saturated rings. The highest BCUT2D eigenvalue weighted by atomic mass is 16.5. The number of anilines is 2. The fraction of sp³-hybridized carbons (Fsp3) is 0.300. The molecule has 0 unspecified atom stereocenters. The van der Waals surface area contributed by atoms with Crippen LogP contribution in [0.25, 0.3) is 0 Å². The van der Waals surface area contributed by atoms with Crippen molar-refractivity contribution in [2.45, 2.75) is 6.42 Å². The first-order valence-corrected chi connectivity index (χ1v) is 8.59. The summed E-state index contributed by atoms with van der Waals surface area (Å²) >= 11 is 0. The topological polar surface area (TPSA) is 77.1 Å². The van der Waals surface area contributed by atoms with Gasteiger partial charge < -0.3 is 24.4 Å². The number of nitrogens with one attached hydrogen (secondary N) is 1. The van der Waals surface area contributed by atoms with Crippen molar-refractivity contribution in [2.75, 3.05) is 44.2 Å². The van der Waals surface area contributed by atoms with Crippen LogP contribution in [0.2, 0.25) is 0 Å². The zero-order valence-electron chi connectivity index (χ0n) is 15.4. The van der Waals surface area contributed by atoms with Crippen LogP contribution in [0.1, 0.15) is 5.56 Å². The standard InChI is InChI=1S/C20H22N2O5/c1-25-13-20(24)22-10-9-14-11-15(3-8-18(14)22)21-19(23)12-27-17-6-4-16(26-2)5-7-17/h3-8,11H,9-10,12-13H2,1-2H3,(H,21,23). The van der Waals surface area contributed by atoms with Gasteiger partial charge in [-0.25, -0.2) is 0 Å². The highest BCUT2D eigenvalue weighted by Crippen LogP contribution is 2.30. The predicted octanol–water partition coefficient (Wildman–Crippen LogP) is 2.25. The van der Waals surface area contributed by atoms with Gasteiger partial charge >= 0.3 is 0 Å². The first kappa shape index (κ1) is 18.7. The Labute approximate surface area is 157 Å². The number of hydrogen-bond donors (Lipinski definition) is 1. The molecular formula is C20H22N2O5. The number of rotatable bonds is 7. The van der Waals surface area contributed by atoms with Gasteiger partial charge in [-0.05, 0) is 54.4 Å². The number of nitrogens with zero attached hydrogens (tertiary/aromatic N) is 1. The molecule has 7 nitrogen and oxygen atoms in total. The molecule has 1 N–H and O–H groups in total. The van der Waals surface area contributed by atoms with E-state index >= 15 is 0 Å². The van der Waals surface area contributed by atoms with Crippen LogP contribution in [0.3, 0.4) is 0 Å². The molecule has 0 saturated heterocycles. The lowest BCUT2D eigenvalue weighted by atomic mass is 10.1. The average molecular weight is 370 g/mol. The van der Waals surface area contributed by atoms with Crippen LogP contribution in [0, 0.1) is 0 Å². The van der Waals surface area contributed by atoms with E-state index in [4.69, 9.17) is 14.2 Å². The number of amides is 2. The summed E-state index contributed by atoms with van der Waals surface area (Å²) in [7, 11) is 3.09. The zero-order chi connectivity index (χ0) is 19.2. The maximum Gasteiger partial charge on any atom is 0.262 e. The molecule has 2 amide bonds. The van der Waals surface area contributed by atoms with E-state index < -0.39 is 0 Å². The molecule has 0 radical (unpaired) electrons. The summed E-state index contributed by atoms with van der Waals surface area (Å²) in [6.07, 6.45) is 0.747. The van der Waals surface area contributed by atoms with Crippen LogP contribution in [0.4, 0.5) is 11.4 Å². The summed E-state index contributed by atoms with van der Waals surface area (Å²) in [5, 5.41) is 2.82. The van der Waals surface area contributed by atoms with Crippen molar-refractivity contribution in [3.05, 3.63) is 48.0 Å². The Morgan fingerprint density at radius 3 is 2.48 bits per heavy atom. The van der Waals surface area contributed by atoms with Crippen molar-refractivity contribution in [3.63, 3.8) is 0 Å². The van der Waals surface area contributed by atoms with Crippen molar-refractivity contribution in [1.29, 1.82) is 0 Å². The van der Waals surface area contributed by atoms with Gasteiger partial charge in [0.25, 0.3) is 11.8 Å². The van der Waals surface area contributed by atoms with Crippen molar-refractivity contribution >= 4 is 23.2 Å². The van der Waals surface area contributed by atoms with Crippen LogP contribution < -0.4 is 19.7 Å². The summed E-state index contributed by atoms with van der Waals surface area (Å²) in [6, 6.07) is 12.5. The maximum absolute atomic E-state index is 12.1.